The second-order valence-electron chi connectivity index (χ2n) is 6.74. The molecule has 0 fully saturated rings. The first-order valence-electron chi connectivity index (χ1n) is 7.08. The molecule has 0 saturated heterocycles. The number of carbonyl (C=O) groups excluding carboxylic acids is 1. The Kier molecular flexibility index (Phi) is 4.97. The summed E-state index contributed by atoms with van der Waals surface area (Å²) in [4.78, 5) is 12.3. The second-order valence-corrected chi connectivity index (χ2v) is 6.74. The lowest BCUT2D eigenvalue weighted by Gasteiger charge is -2.25. The van der Waals surface area contributed by atoms with Crippen LogP contribution in [0.25, 0.3) is 0 Å². The third-order valence-electron chi connectivity index (χ3n) is 3.24. The third-order valence-corrected chi connectivity index (χ3v) is 3.24. The van der Waals surface area contributed by atoms with Crippen LogP contribution in [0.2, 0.25) is 0 Å². The second kappa shape index (κ2) is 5.91. The molecule has 1 heterocycles. The largest absolute Gasteiger partial charge is 0.343 e. The Labute approximate surface area is 117 Å². The highest BCUT2D eigenvalue weighted by Crippen LogP contribution is 2.24. The van der Waals surface area contributed by atoms with Crippen molar-refractivity contribution in [2.75, 3.05) is 13.1 Å². The van der Waals surface area contributed by atoms with Crippen molar-refractivity contribution in [3.8, 4) is 0 Å². The number of aromatic nitrogens is 1. The molecule has 19 heavy (non-hydrogen) atoms. The topological polar surface area (TPSA) is 34.0 Å². The molecule has 0 aliphatic rings. The van der Waals surface area contributed by atoms with Gasteiger partial charge in [0.15, 0.2) is 5.78 Å². The van der Waals surface area contributed by atoms with E-state index >= 15 is 0 Å². The Balaban J connectivity index is 2.88. The van der Waals surface area contributed by atoms with Crippen LogP contribution in [-0.2, 0) is 5.54 Å². The van der Waals surface area contributed by atoms with Crippen LogP contribution in [0, 0.1) is 19.8 Å². The van der Waals surface area contributed by atoms with E-state index in [0.29, 0.717) is 12.5 Å². The van der Waals surface area contributed by atoms with Gasteiger partial charge >= 0.3 is 0 Å². The van der Waals surface area contributed by atoms with Crippen molar-refractivity contribution in [2.24, 2.45) is 5.92 Å². The van der Waals surface area contributed by atoms with Gasteiger partial charge in [0.25, 0.3) is 0 Å². The van der Waals surface area contributed by atoms with Crippen molar-refractivity contribution in [1.82, 2.24) is 9.88 Å². The van der Waals surface area contributed by atoms with Gasteiger partial charge in [0.05, 0.1) is 6.54 Å². The van der Waals surface area contributed by atoms with E-state index in [0.717, 1.165) is 23.5 Å². The Morgan fingerprint density at radius 2 is 1.89 bits per heavy atom. The molecule has 0 aromatic carbocycles. The Bertz CT molecular complexity index is 450. The highest BCUT2D eigenvalue weighted by atomic mass is 16.1. The van der Waals surface area contributed by atoms with E-state index < -0.39 is 0 Å². The van der Waals surface area contributed by atoms with Crippen LogP contribution < -0.4 is 5.32 Å². The summed E-state index contributed by atoms with van der Waals surface area (Å²) in [6.07, 6.45) is 0. The summed E-state index contributed by atoms with van der Waals surface area (Å²) < 4.78 is 2.24. The minimum atomic E-state index is 0.0120. The lowest BCUT2D eigenvalue weighted by atomic mass is 10.1. The summed E-state index contributed by atoms with van der Waals surface area (Å²) in [5.41, 5.74) is 3.08. The lowest BCUT2D eigenvalue weighted by molar-refractivity contribution is 0.0989. The third kappa shape index (κ3) is 3.93. The van der Waals surface area contributed by atoms with Crippen LogP contribution in [0.3, 0.4) is 0 Å². The van der Waals surface area contributed by atoms with Crippen molar-refractivity contribution in [3.05, 3.63) is 23.0 Å². The Morgan fingerprint density at radius 1 is 1.32 bits per heavy atom. The molecule has 0 spiro atoms. The van der Waals surface area contributed by atoms with Crippen molar-refractivity contribution < 1.29 is 4.79 Å². The Hall–Kier alpha value is -1.09. The van der Waals surface area contributed by atoms with E-state index in [1.807, 2.05) is 13.0 Å². The van der Waals surface area contributed by atoms with Gasteiger partial charge in [0, 0.05) is 22.5 Å². The average Bonchev–Trinajstić information content (AvgIpc) is 2.52. The number of aryl methyl sites for hydroxylation is 1. The molecule has 0 aliphatic carbocycles. The van der Waals surface area contributed by atoms with Crippen LogP contribution in [0.1, 0.15) is 56.4 Å². The minimum absolute atomic E-state index is 0.0120. The maximum Gasteiger partial charge on any atom is 0.178 e. The summed E-state index contributed by atoms with van der Waals surface area (Å²) in [7, 11) is 0. The molecule has 3 heteroatoms. The number of nitrogens with one attached hydrogen (secondary N) is 1. The van der Waals surface area contributed by atoms with Gasteiger partial charge in [-0.2, -0.15) is 0 Å². The first-order chi connectivity index (χ1) is 8.64. The zero-order valence-corrected chi connectivity index (χ0v) is 13.4. The molecule has 1 N–H and O–H groups in total. The van der Waals surface area contributed by atoms with E-state index in [4.69, 9.17) is 0 Å². The summed E-state index contributed by atoms with van der Waals surface area (Å²) in [6, 6.07) is 2.01. The van der Waals surface area contributed by atoms with E-state index in [-0.39, 0.29) is 11.3 Å². The van der Waals surface area contributed by atoms with Crippen molar-refractivity contribution in [1.29, 1.82) is 0 Å². The molecule has 0 unspecified atom stereocenters. The number of ketones is 1. The number of Topliss-reactive ketones (excluding diaryl/α,β-unsaturated/α-hetero) is 1. The fourth-order valence-corrected chi connectivity index (χ4v) is 2.65. The van der Waals surface area contributed by atoms with Gasteiger partial charge < -0.3 is 9.88 Å². The SMILES string of the molecule is Cc1cc(C(=O)CNCC(C)C)c(C)n1C(C)(C)C. The molecule has 0 bridgehead atoms. The van der Waals surface area contributed by atoms with Gasteiger partial charge in [0.1, 0.15) is 0 Å². The van der Waals surface area contributed by atoms with E-state index in [2.05, 4.69) is 51.4 Å². The van der Waals surface area contributed by atoms with Gasteiger partial charge in [0.2, 0.25) is 0 Å². The fraction of sp³-hybridized carbons (Fsp3) is 0.688. The van der Waals surface area contributed by atoms with Gasteiger partial charge in [-0.15, -0.1) is 0 Å². The van der Waals surface area contributed by atoms with Gasteiger partial charge in [-0.25, -0.2) is 0 Å². The van der Waals surface area contributed by atoms with Crippen molar-refractivity contribution in [3.63, 3.8) is 0 Å². The monoisotopic (exact) mass is 264 g/mol. The molecule has 0 aliphatic heterocycles. The molecule has 1 aromatic heterocycles. The first-order valence-corrected chi connectivity index (χ1v) is 7.08. The lowest BCUT2D eigenvalue weighted by Crippen LogP contribution is -2.28. The molecule has 0 atom stereocenters. The van der Waals surface area contributed by atoms with Crippen LogP contribution in [0.15, 0.2) is 6.07 Å². The predicted molar refractivity (Wildman–Crippen MR) is 80.9 cm³/mol. The summed E-state index contributed by atoms with van der Waals surface area (Å²) >= 11 is 0. The Morgan fingerprint density at radius 3 is 2.32 bits per heavy atom. The normalized spacial score (nSPS) is 12.2. The van der Waals surface area contributed by atoms with Gasteiger partial charge in [-0.1, -0.05) is 13.8 Å². The highest BCUT2D eigenvalue weighted by Gasteiger charge is 2.22. The van der Waals surface area contributed by atoms with Gasteiger partial charge in [-0.3, -0.25) is 4.79 Å². The van der Waals surface area contributed by atoms with Crippen LogP contribution in [0.4, 0.5) is 0 Å². The van der Waals surface area contributed by atoms with Crippen molar-refractivity contribution in [2.45, 2.75) is 54.0 Å². The molecular formula is C16H28N2O. The first kappa shape index (κ1) is 16.0. The number of nitrogens with zero attached hydrogens (tertiary/aromatic N) is 1. The number of carbonyl (C=O) groups is 1. The molecule has 1 rings (SSSR count). The quantitative estimate of drug-likeness (QED) is 0.828. The number of hydrogen-bond donors (Lipinski definition) is 1. The van der Waals surface area contributed by atoms with E-state index in [1.165, 1.54) is 0 Å². The zero-order valence-electron chi connectivity index (χ0n) is 13.4. The maximum absolute atomic E-state index is 12.3. The van der Waals surface area contributed by atoms with Gasteiger partial charge in [-0.05, 0) is 53.1 Å². The molecule has 0 saturated carbocycles. The van der Waals surface area contributed by atoms with E-state index in [9.17, 15) is 4.79 Å². The van der Waals surface area contributed by atoms with Crippen molar-refractivity contribution >= 4 is 5.78 Å². The molecule has 3 nitrogen and oxygen atoms in total. The maximum atomic E-state index is 12.3. The number of rotatable bonds is 5. The minimum Gasteiger partial charge on any atom is -0.343 e. The summed E-state index contributed by atoms with van der Waals surface area (Å²) in [5, 5.41) is 3.22. The molecular weight excluding hydrogens is 236 g/mol. The van der Waals surface area contributed by atoms with E-state index in [1.54, 1.807) is 0 Å². The summed E-state index contributed by atoms with van der Waals surface area (Å²) in [6.45, 7) is 16.2. The highest BCUT2D eigenvalue weighted by molar-refractivity contribution is 5.99. The van der Waals surface area contributed by atoms with Crippen LogP contribution >= 0.6 is 0 Å². The zero-order chi connectivity index (χ0) is 14.8. The molecule has 108 valence electrons. The predicted octanol–water partition coefficient (Wildman–Crippen LogP) is 3.29. The molecule has 0 amide bonds. The smallest absolute Gasteiger partial charge is 0.178 e. The van der Waals surface area contributed by atoms with Crippen LogP contribution in [0.5, 0.6) is 0 Å². The standard InChI is InChI=1S/C16H28N2O/c1-11(2)9-17-10-15(19)14-8-12(3)18(13(14)4)16(5,6)7/h8,11,17H,9-10H2,1-7H3. The fourth-order valence-electron chi connectivity index (χ4n) is 2.65. The number of hydrogen-bond acceptors (Lipinski definition) is 2. The molecule has 1 aromatic rings. The van der Waals surface area contributed by atoms with Crippen LogP contribution in [-0.4, -0.2) is 23.4 Å². The average molecular weight is 264 g/mol. The summed E-state index contributed by atoms with van der Waals surface area (Å²) in [5.74, 6) is 0.749. The molecule has 0 radical (unpaired) electrons.